The van der Waals surface area contributed by atoms with Gasteiger partial charge in [-0.25, -0.2) is 0 Å². The van der Waals surface area contributed by atoms with Crippen LogP contribution in [0.15, 0.2) is 42.5 Å². The molecule has 2 nitrogen and oxygen atoms in total. The first-order chi connectivity index (χ1) is 10.6. The Kier molecular flexibility index (Phi) is 5.12. The third kappa shape index (κ3) is 4.52. The Morgan fingerprint density at radius 1 is 0.957 bits per heavy atom. The Labute approximate surface area is 146 Å². The van der Waals surface area contributed by atoms with Crippen LogP contribution in [0, 0.1) is 6.92 Å². The van der Waals surface area contributed by atoms with E-state index >= 15 is 0 Å². The lowest BCUT2D eigenvalue weighted by atomic mass is 10.2. The monoisotopic (exact) mass is 347 g/mol. The van der Waals surface area contributed by atoms with Crippen molar-refractivity contribution in [2.24, 2.45) is 0 Å². The highest BCUT2D eigenvalue weighted by Gasteiger charge is 2.39. The minimum atomic E-state index is -1.88. The molecule has 0 amide bonds. The predicted molar refractivity (Wildman–Crippen MR) is 104 cm³/mol. The van der Waals surface area contributed by atoms with Crippen molar-refractivity contribution in [3.8, 4) is 5.75 Å². The van der Waals surface area contributed by atoms with Crippen LogP contribution in [0.2, 0.25) is 23.2 Å². The fourth-order valence-electron chi connectivity index (χ4n) is 1.89. The second-order valence-corrected chi connectivity index (χ2v) is 12.6. The Morgan fingerprint density at radius 3 is 2.04 bits per heavy atom. The highest BCUT2D eigenvalue weighted by atomic mass is 35.5. The van der Waals surface area contributed by atoms with Crippen molar-refractivity contribution in [3.05, 3.63) is 53.1 Å². The summed E-state index contributed by atoms with van der Waals surface area (Å²) >= 11 is 6.43. The van der Waals surface area contributed by atoms with Crippen LogP contribution >= 0.6 is 11.6 Å². The van der Waals surface area contributed by atoms with Crippen molar-refractivity contribution in [1.29, 1.82) is 0 Å². The molecular formula is C19H26ClNOSi. The molecule has 0 atom stereocenters. The summed E-state index contributed by atoms with van der Waals surface area (Å²) < 4.78 is 6.30. The third-order valence-electron chi connectivity index (χ3n) is 4.44. The van der Waals surface area contributed by atoms with Crippen molar-refractivity contribution < 1.29 is 4.43 Å². The first kappa shape index (κ1) is 17.9. The van der Waals surface area contributed by atoms with Gasteiger partial charge in [0.2, 0.25) is 0 Å². The molecule has 2 aromatic carbocycles. The minimum absolute atomic E-state index is 0.148. The third-order valence-corrected chi connectivity index (χ3v) is 9.08. The van der Waals surface area contributed by atoms with Gasteiger partial charge >= 0.3 is 0 Å². The number of halogens is 1. The molecule has 0 saturated heterocycles. The molecular weight excluding hydrogens is 322 g/mol. The molecule has 23 heavy (non-hydrogen) atoms. The van der Waals surface area contributed by atoms with E-state index in [4.69, 9.17) is 16.0 Å². The van der Waals surface area contributed by atoms with Crippen molar-refractivity contribution >= 4 is 31.3 Å². The van der Waals surface area contributed by atoms with Crippen LogP contribution < -0.4 is 9.74 Å². The fraction of sp³-hybridized carbons (Fsp3) is 0.368. The number of aryl methyl sites for hydroxylation is 1. The molecule has 0 spiro atoms. The van der Waals surface area contributed by atoms with Gasteiger partial charge in [-0.1, -0.05) is 50.1 Å². The van der Waals surface area contributed by atoms with Crippen LogP contribution in [0.3, 0.4) is 0 Å². The van der Waals surface area contributed by atoms with E-state index in [1.807, 2.05) is 18.2 Å². The molecule has 0 bridgehead atoms. The van der Waals surface area contributed by atoms with Crippen LogP contribution in [0.1, 0.15) is 26.3 Å². The molecule has 0 aliphatic rings. The van der Waals surface area contributed by atoms with Crippen molar-refractivity contribution in [2.75, 3.05) is 5.32 Å². The normalized spacial score (nSPS) is 12.1. The van der Waals surface area contributed by atoms with Gasteiger partial charge in [0, 0.05) is 11.4 Å². The largest absolute Gasteiger partial charge is 0.543 e. The van der Waals surface area contributed by atoms with Gasteiger partial charge < -0.3 is 9.74 Å². The lowest BCUT2D eigenvalue weighted by Gasteiger charge is -2.36. The molecule has 0 heterocycles. The molecule has 0 fully saturated rings. The minimum Gasteiger partial charge on any atom is -0.543 e. The Bertz CT molecular complexity index is 675. The second kappa shape index (κ2) is 6.58. The average molecular weight is 348 g/mol. The van der Waals surface area contributed by atoms with Crippen LogP contribution in [0.25, 0.3) is 0 Å². The maximum atomic E-state index is 6.43. The zero-order valence-electron chi connectivity index (χ0n) is 14.8. The van der Waals surface area contributed by atoms with E-state index in [1.165, 1.54) is 5.56 Å². The number of hydrogen-bond acceptors (Lipinski definition) is 2. The fourth-order valence-corrected chi connectivity index (χ4v) is 3.21. The first-order valence-electron chi connectivity index (χ1n) is 7.91. The quantitative estimate of drug-likeness (QED) is 0.615. The van der Waals surface area contributed by atoms with Gasteiger partial charge in [0.05, 0.1) is 5.02 Å². The van der Waals surface area contributed by atoms with Crippen molar-refractivity contribution in [3.63, 3.8) is 0 Å². The van der Waals surface area contributed by atoms with Gasteiger partial charge in [-0.15, -0.1) is 0 Å². The maximum absolute atomic E-state index is 6.43. The van der Waals surface area contributed by atoms with Gasteiger partial charge in [0.1, 0.15) is 5.75 Å². The predicted octanol–water partition coefficient (Wildman–Crippen LogP) is 6.78. The number of rotatable bonds is 4. The maximum Gasteiger partial charge on any atom is 0.250 e. The van der Waals surface area contributed by atoms with Gasteiger partial charge in [-0.3, -0.25) is 0 Å². The van der Waals surface area contributed by atoms with Gasteiger partial charge in [0.15, 0.2) is 0 Å². The molecule has 0 unspecified atom stereocenters. The van der Waals surface area contributed by atoms with Crippen LogP contribution in [0.5, 0.6) is 5.75 Å². The molecule has 4 heteroatoms. The van der Waals surface area contributed by atoms with E-state index in [-0.39, 0.29) is 5.04 Å². The van der Waals surface area contributed by atoms with Crippen molar-refractivity contribution in [1.82, 2.24) is 0 Å². The van der Waals surface area contributed by atoms with Crippen LogP contribution in [0.4, 0.5) is 11.4 Å². The summed E-state index contributed by atoms with van der Waals surface area (Å²) in [6.07, 6.45) is 0. The topological polar surface area (TPSA) is 21.3 Å². The number of hydrogen-bond donors (Lipinski definition) is 1. The summed E-state index contributed by atoms with van der Waals surface area (Å²) in [5.74, 6) is 0.771. The van der Waals surface area contributed by atoms with E-state index in [2.05, 4.69) is 70.4 Å². The molecule has 2 aromatic rings. The Morgan fingerprint density at radius 2 is 1.52 bits per heavy atom. The van der Waals surface area contributed by atoms with E-state index < -0.39 is 8.32 Å². The number of nitrogens with one attached hydrogen (secondary N) is 1. The summed E-state index contributed by atoms with van der Waals surface area (Å²) in [6.45, 7) is 13.2. The highest BCUT2D eigenvalue weighted by Crippen LogP contribution is 2.39. The van der Waals surface area contributed by atoms with Crippen molar-refractivity contribution in [2.45, 2.75) is 45.8 Å². The van der Waals surface area contributed by atoms with E-state index in [0.717, 1.165) is 17.1 Å². The summed E-state index contributed by atoms with van der Waals surface area (Å²) in [4.78, 5) is 0. The standard InChI is InChI=1S/C19H26ClNOSi/c1-14-7-9-15(10-8-14)21-16-11-12-18(17(20)13-16)22-23(5,6)19(2,3)4/h7-13,21H,1-6H3. The summed E-state index contributed by atoms with van der Waals surface area (Å²) in [6, 6.07) is 14.2. The molecule has 2 rings (SSSR count). The van der Waals surface area contributed by atoms with Gasteiger partial charge in [0.25, 0.3) is 8.32 Å². The summed E-state index contributed by atoms with van der Waals surface area (Å²) in [5.41, 5.74) is 3.25. The number of benzene rings is 2. The van der Waals surface area contributed by atoms with Gasteiger partial charge in [-0.2, -0.15) is 0 Å². The number of anilines is 2. The Hall–Kier alpha value is -1.45. The highest BCUT2D eigenvalue weighted by molar-refractivity contribution is 6.74. The molecule has 124 valence electrons. The van der Waals surface area contributed by atoms with Crippen LogP contribution in [-0.4, -0.2) is 8.32 Å². The molecule has 0 aliphatic heterocycles. The van der Waals surface area contributed by atoms with E-state index in [9.17, 15) is 0 Å². The smallest absolute Gasteiger partial charge is 0.250 e. The molecule has 0 aromatic heterocycles. The zero-order chi connectivity index (χ0) is 17.3. The first-order valence-corrected chi connectivity index (χ1v) is 11.2. The molecule has 0 radical (unpaired) electrons. The summed E-state index contributed by atoms with van der Waals surface area (Å²) in [5, 5.41) is 4.16. The average Bonchev–Trinajstić information content (AvgIpc) is 2.43. The van der Waals surface area contributed by atoms with E-state index in [1.54, 1.807) is 0 Å². The lowest BCUT2D eigenvalue weighted by molar-refractivity contribution is 0.492. The lowest BCUT2D eigenvalue weighted by Crippen LogP contribution is -2.43. The van der Waals surface area contributed by atoms with Gasteiger partial charge in [-0.05, 0) is 55.4 Å². The zero-order valence-corrected chi connectivity index (χ0v) is 16.6. The SMILES string of the molecule is Cc1ccc(Nc2ccc(O[Si](C)(C)C(C)(C)C)c(Cl)c2)cc1. The van der Waals surface area contributed by atoms with E-state index in [0.29, 0.717) is 5.02 Å². The Balaban J connectivity index is 2.16. The second-order valence-electron chi connectivity index (χ2n) is 7.50. The summed E-state index contributed by atoms with van der Waals surface area (Å²) in [7, 11) is -1.88. The molecule has 1 N–H and O–H groups in total. The van der Waals surface area contributed by atoms with Crippen LogP contribution in [-0.2, 0) is 0 Å². The molecule has 0 aliphatic carbocycles. The molecule has 0 saturated carbocycles.